The minimum absolute atomic E-state index is 0.0437. The van der Waals surface area contributed by atoms with Crippen molar-refractivity contribution >= 4 is 35.0 Å². The van der Waals surface area contributed by atoms with E-state index in [0.717, 1.165) is 17.2 Å². The number of rotatable bonds is 7. The van der Waals surface area contributed by atoms with Crippen LogP contribution in [0.1, 0.15) is 16.7 Å². The highest BCUT2D eigenvalue weighted by molar-refractivity contribution is 6.34. The summed E-state index contributed by atoms with van der Waals surface area (Å²) in [7, 11) is 0. The van der Waals surface area contributed by atoms with E-state index in [2.05, 4.69) is 5.32 Å². The van der Waals surface area contributed by atoms with Crippen LogP contribution in [0.15, 0.2) is 72.3 Å². The van der Waals surface area contributed by atoms with Gasteiger partial charge in [0.15, 0.2) is 0 Å². The van der Waals surface area contributed by atoms with Crippen molar-refractivity contribution in [2.45, 2.75) is 13.5 Å². The monoisotopic (exact) mass is 447 g/mol. The predicted octanol–water partition coefficient (Wildman–Crippen LogP) is 5.68. The first-order valence-corrected chi connectivity index (χ1v) is 9.89. The van der Waals surface area contributed by atoms with Gasteiger partial charge in [0.25, 0.3) is 11.6 Å². The highest BCUT2D eigenvalue weighted by Crippen LogP contribution is 2.27. The molecule has 8 heteroatoms. The summed E-state index contributed by atoms with van der Waals surface area (Å²) in [5.41, 5.74) is 2.39. The van der Waals surface area contributed by atoms with Gasteiger partial charge >= 0.3 is 0 Å². The van der Waals surface area contributed by atoms with Crippen LogP contribution in [0.3, 0.4) is 0 Å². The number of hydrogen-bond acceptors (Lipinski definition) is 5. The number of aryl methyl sites for hydroxylation is 1. The standard InChI is InChI=1S/C24H18ClN3O4/c1-16-5-7-17(8-6-16)15-32-21-4-2-3-18(12-21)11-19(14-26)24(29)27-23-13-20(28(30)31)9-10-22(23)25/h2-13H,15H2,1H3,(H,27,29)/b19-11+. The van der Waals surface area contributed by atoms with Gasteiger partial charge < -0.3 is 10.1 Å². The van der Waals surface area contributed by atoms with Crippen LogP contribution >= 0.6 is 11.6 Å². The molecule has 7 nitrogen and oxygen atoms in total. The second-order valence-corrected chi connectivity index (χ2v) is 7.30. The van der Waals surface area contributed by atoms with Gasteiger partial charge in [0.2, 0.25) is 0 Å². The molecule has 0 saturated carbocycles. The Morgan fingerprint density at radius 2 is 1.94 bits per heavy atom. The van der Waals surface area contributed by atoms with Crippen molar-refractivity contribution in [1.82, 2.24) is 0 Å². The van der Waals surface area contributed by atoms with Crippen molar-refractivity contribution in [2.75, 3.05) is 5.32 Å². The summed E-state index contributed by atoms with van der Waals surface area (Å²) < 4.78 is 5.80. The SMILES string of the molecule is Cc1ccc(COc2cccc(/C=C(\C#N)C(=O)Nc3cc([N+](=O)[O-])ccc3Cl)c2)cc1. The van der Waals surface area contributed by atoms with Crippen LogP contribution in [0, 0.1) is 28.4 Å². The van der Waals surface area contributed by atoms with Gasteiger partial charge in [-0.15, -0.1) is 0 Å². The molecule has 0 saturated heterocycles. The van der Waals surface area contributed by atoms with Gasteiger partial charge in [-0.3, -0.25) is 14.9 Å². The van der Waals surface area contributed by atoms with E-state index in [1.807, 2.05) is 37.3 Å². The number of nitriles is 1. The fourth-order valence-electron chi connectivity index (χ4n) is 2.77. The third kappa shape index (κ3) is 5.94. The van der Waals surface area contributed by atoms with Crippen LogP contribution in [0.2, 0.25) is 5.02 Å². The third-order valence-corrected chi connectivity index (χ3v) is 4.80. The highest BCUT2D eigenvalue weighted by atomic mass is 35.5. The largest absolute Gasteiger partial charge is 0.489 e. The lowest BCUT2D eigenvalue weighted by Crippen LogP contribution is -2.14. The van der Waals surface area contributed by atoms with E-state index in [9.17, 15) is 20.2 Å². The number of carbonyl (C=O) groups excluding carboxylic acids is 1. The maximum Gasteiger partial charge on any atom is 0.271 e. The molecule has 3 aromatic rings. The number of halogens is 1. The van der Waals surface area contributed by atoms with E-state index in [1.165, 1.54) is 18.2 Å². The summed E-state index contributed by atoms with van der Waals surface area (Å²) in [6, 6.07) is 20.4. The first kappa shape index (κ1) is 22.5. The van der Waals surface area contributed by atoms with Crippen molar-refractivity contribution in [3.63, 3.8) is 0 Å². The molecule has 3 aromatic carbocycles. The lowest BCUT2D eigenvalue weighted by atomic mass is 10.1. The molecule has 0 aliphatic heterocycles. The highest BCUT2D eigenvalue weighted by Gasteiger charge is 2.15. The van der Waals surface area contributed by atoms with E-state index in [1.54, 1.807) is 24.3 Å². The molecule has 1 N–H and O–H groups in total. The summed E-state index contributed by atoms with van der Waals surface area (Å²) in [6.07, 6.45) is 1.40. The number of ether oxygens (including phenoxy) is 1. The average molecular weight is 448 g/mol. The van der Waals surface area contributed by atoms with Crippen LogP contribution in [0.5, 0.6) is 5.75 Å². The van der Waals surface area contributed by atoms with Crippen LogP contribution in [0.4, 0.5) is 11.4 Å². The Morgan fingerprint density at radius 1 is 1.19 bits per heavy atom. The van der Waals surface area contributed by atoms with Gasteiger partial charge in [-0.1, -0.05) is 53.6 Å². The van der Waals surface area contributed by atoms with Gasteiger partial charge in [0.05, 0.1) is 15.6 Å². The van der Waals surface area contributed by atoms with Crippen LogP contribution in [-0.2, 0) is 11.4 Å². The number of nitrogens with zero attached hydrogens (tertiary/aromatic N) is 2. The second kappa shape index (κ2) is 10.2. The summed E-state index contributed by atoms with van der Waals surface area (Å²) in [5, 5.41) is 22.9. The molecule has 0 heterocycles. The van der Waals surface area contributed by atoms with E-state index in [4.69, 9.17) is 16.3 Å². The number of anilines is 1. The fraction of sp³-hybridized carbons (Fsp3) is 0.0833. The molecule has 0 unspecified atom stereocenters. The molecular formula is C24H18ClN3O4. The third-order valence-electron chi connectivity index (χ3n) is 4.47. The molecule has 0 aliphatic carbocycles. The zero-order valence-corrected chi connectivity index (χ0v) is 17.8. The molecule has 160 valence electrons. The van der Waals surface area contributed by atoms with Crippen molar-refractivity contribution < 1.29 is 14.5 Å². The normalized spacial score (nSPS) is 10.8. The first-order chi connectivity index (χ1) is 15.4. The van der Waals surface area contributed by atoms with Crippen molar-refractivity contribution in [3.05, 3.63) is 104 Å². The minimum Gasteiger partial charge on any atom is -0.489 e. The first-order valence-electron chi connectivity index (χ1n) is 9.51. The summed E-state index contributed by atoms with van der Waals surface area (Å²) in [6.45, 7) is 2.39. The van der Waals surface area contributed by atoms with Crippen molar-refractivity contribution in [3.8, 4) is 11.8 Å². The summed E-state index contributed by atoms with van der Waals surface area (Å²) >= 11 is 6.01. The zero-order valence-electron chi connectivity index (χ0n) is 17.0. The molecule has 0 aliphatic rings. The molecule has 0 atom stereocenters. The minimum atomic E-state index is -0.735. The predicted molar refractivity (Wildman–Crippen MR) is 122 cm³/mol. The van der Waals surface area contributed by atoms with E-state index < -0.39 is 10.8 Å². The van der Waals surface area contributed by atoms with Crippen LogP contribution < -0.4 is 10.1 Å². The molecule has 32 heavy (non-hydrogen) atoms. The van der Waals surface area contributed by atoms with Gasteiger partial charge in [-0.25, -0.2) is 0 Å². The van der Waals surface area contributed by atoms with Gasteiger partial charge in [0.1, 0.15) is 24.0 Å². The number of nitrogens with one attached hydrogen (secondary N) is 1. The average Bonchev–Trinajstić information content (AvgIpc) is 2.78. The molecule has 0 radical (unpaired) electrons. The van der Waals surface area contributed by atoms with Crippen LogP contribution in [0.25, 0.3) is 6.08 Å². The molecule has 1 amide bonds. The fourth-order valence-corrected chi connectivity index (χ4v) is 2.94. The Labute approximate surface area is 189 Å². The molecule has 0 aromatic heterocycles. The van der Waals surface area contributed by atoms with Gasteiger partial charge in [0, 0.05) is 12.1 Å². The molecule has 0 spiro atoms. The Bertz CT molecular complexity index is 1230. The second-order valence-electron chi connectivity index (χ2n) is 6.89. The maximum atomic E-state index is 12.5. The van der Waals surface area contributed by atoms with E-state index in [-0.39, 0.29) is 22.0 Å². The zero-order chi connectivity index (χ0) is 23.1. The lowest BCUT2D eigenvalue weighted by Gasteiger charge is -2.08. The van der Waals surface area contributed by atoms with Crippen molar-refractivity contribution in [1.29, 1.82) is 5.26 Å². The smallest absolute Gasteiger partial charge is 0.271 e. The molecular weight excluding hydrogens is 430 g/mol. The van der Waals surface area contributed by atoms with Gasteiger partial charge in [-0.05, 0) is 42.3 Å². The summed E-state index contributed by atoms with van der Waals surface area (Å²) in [5.74, 6) is -0.153. The number of benzene rings is 3. The number of amides is 1. The number of nitro groups is 1. The topological polar surface area (TPSA) is 105 Å². The summed E-state index contributed by atoms with van der Waals surface area (Å²) in [4.78, 5) is 22.9. The Balaban J connectivity index is 1.74. The lowest BCUT2D eigenvalue weighted by molar-refractivity contribution is -0.384. The maximum absolute atomic E-state index is 12.5. The quantitative estimate of drug-likeness (QED) is 0.217. The molecule has 0 bridgehead atoms. The number of hydrogen-bond donors (Lipinski definition) is 1. The Hall–Kier alpha value is -4.15. The Kier molecular flexibility index (Phi) is 7.21. The number of non-ortho nitro benzene ring substituents is 1. The molecule has 0 fully saturated rings. The Morgan fingerprint density at radius 3 is 2.62 bits per heavy atom. The van der Waals surface area contributed by atoms with Gasteiger partial charge in [-0.2, -0.15) is 5.26 Å². The number of nitro benzene ring substituents is 1. The van der Waals surface area contributed by atoms with Crippen LogP contribution in [-0.4, -0.2) is 10.8 Å². The number of carbonyl (C=O) groups is 1. The van der Waals surface area contributed by atoms with E-state index >= 15 is 0 Å². The van der Waals surface area contributed by atoms with E-state index in [0.29, 0.717) is 17.9 Å². The van der Waals surface area contributed by atoms with Crippen molar-refractivity contribution in [2.24, 2.45) is 0 Å². The molecule has 3 rings (SSSR count).